The number of likely N-dealkylation sites (N-methyl/N-ethyl adjacent to an activating group) is 1. The van der Waals surface area contributed by atoms with Gasteiger partial charge in [0.2, 0.25) is 5.91 Å². The molecule has 1 aromatic heterocycles. The molecule has 0 radical (unpaired) electrons. The summed E-state index contributed by atoms with van der Waals surface area (Å²) in [6.45, 7) is 6.23. The van der Waals surface area contributed by atoms with Crippen LogP contribution in [0.1, 0.15) is 44.7 Å². The Morgan fingerprint density at radius 3 is 2.81 bits per heavy atom. The van der Waals surface area contributed by atoms with E-state index in [9.17, 15) is 4.79 Å². The third-order valence-corrected chi connectivity index (χ3v) is 4.54. The van der Waals surface area contributed by atoms with Crippen LogP contribution in [0.5, 0.6) is 0 Å². The second kappa shape index (κ2) is 7.27. The Bertz CT molecular complexity index is 476. The Morgan fingerprint density at radius 2 is 2.29 bits per heavy atom. The monoisotopic (exact) mass is 314 g/mol. The summed E-state index contributed by atoms with van der Waals surface area (Å²) in [6.07, 6.45) is 7.10. The fourth-order valence-corrected chi connectivity index (χ4v) is 3.00. The van der Waals surface area contributed by atoms with Crippen LogP contribution in [-0.4, -0.2) is 40.7 Å². The van der Waals surface area contributed by atoms with Gasteiger partial charge in [0.1, 0.15) is 6.04 Å². The molecule has 1 N–H and O–H groups in total. The lowest BCUT2D eigenvalue weighted by Crippen LogP contribution is -2.48. The highest BCUT2D eigenvalue weighted by Gasteiger charge is 2.34. The summed E-state index contributed by atoms with van der Waals surface area (Å²) in [5, 5.41) is 7.29. The summed E-state index contributed by atoms with van der Waals surface area (Å²) >= 11 is 0. The van der Waals surface area contributed by atoms with Gasteiger partial charge in [0, 0.05) is 31.9 Å². The van der Waals surface area contributed by atoms with Crippen molar-refractivity contribution >= 4 is 18.3 Å². The molecular formula is C15H27ClN4O. The molecule has 1 saturated heterocycles. The highest BCUT2D eigenvalue weighted by atomic mass is 35.5. The van der Waals surface area contributed by atoms with Crippen molar-refractivity contribution in [1.29, 1.82) is 0 Å². The van der Waals surface area contributed by atoms with Crippen molar-refractivity contribution in [3.63, 3.8) is 0 Å². The van der Waals surface area contributed by atoms with Crippen LogP contribution in [0.15, 0.2) is 12.4 Å². The summed E-state index contributed by atoms with van der Waals surface area (Å²) in [5.74, 6) is 0.167. The highest BCUT2D eigenvalue weighted by Crippen LogP contribution is 2.33. The van der Waals surface area contributed by atoms with Crippen molar-refractivity contribution < 1.29 is 4.79 Å². The van der Waals surface area contributed by atoms with Crippen molar-refractivity contribution in [2.45, 2.75) is 39.2 Å². The number of nitrogens with one attached hydrogen (secondary N) is 1. The van der Waals surface area contributed by atoms with E-state index in [0.717, 1.165) is 31.5 Å². The standard InChI is InChI=1S/C15H26N4O.ClH/c1-5-15(2)7-6-8-19(11-15)14(20)13(16-3)12-9-17-18(4)10-12;/h9-10,13,16H,5-8,11H2,1-4H3;1H. The molecule has 1 aromatic rings. The number of nitrogens with zero attached hydrogens (tertiary/aromatic N) is 3. The Balaban J connectivity index is 0.00000220. The first-order valence-corrected chi connectivity index (χ1v) is 7.43. The lowest BCUT2D eigenvalue weighted by Gasteiger charge is -2.41. The van der Waals surface area contributed by atoms with Gasteiger partial charge in [-0.25, -0.2) is 0 Å². The average Bonchev–Trinajstić information content (AvgIpc) is 2.86. The van der Waals surface area contributed by atoms with Gasteiger partial charge in [-0.1, -0.05) is 13.8 Å². The molecule has 0 spiro atoms. The van der Waals surface area contributed by atoms with Gasteiger partial charge in [0.25, 0.3) is 0 Å². The van der Waals surface area contributed by atoms with E-state index in [0.29, 0.717) is 0 Å². The number of amides is 1. The molecule has 1 aliphatic rings. The topological polar surface area (TPSA) is 50.2 Å². The third kappa shape index (κ3) is 3.98. The molecule has 1 amide bonds. The number of piperidine rings is 1. The lowest BCUT2D eigenvalue weighted by molar-refractivity contribution is -0.136. The van der Waals surface area contributed by atoms with Crippen LogP contribution >= 0.6 is 12.4 Å². The van der Waals surface area contributed by atoms with Gasteiger partial charge in [-0.15, -0.1) is 12.4 Å². The van der Waals surface area contributed by atoms with E-state index in [4.69, 9.17) is 0 Å². The zero-order valence-electron chi connectivity index (χ0n) is 13.4. The van der Waals surface area contributed by atoms with E-state index in [1.54, 1.807) is 10.9 Å². The van der Waals surface area contributed by atoms with Gasteiger partial charge < -0.3 is 10.2 Å². The van der Waals surface area contributed by atoms with E-state index < -0.39 is 0 Å². The molecule has 1 fully saturated rings. The lowest BCUT2D eigenvalue weighted by atomic mass is 9.79. The molecule has 0 aromatic carbocycles. The van der Waals surface area contributed by atoms with Crippen molar-refractivity contribution in [1.82, 2.24) is 20.0 Å². The van der Waals surface area contributed by atoms with E-state index in [-0.39, 0.29) is 29.8 Å². The Hall–Kier alpha value is -1.07. The molecule has 1 aliphatic heterocycles. The number of rotatable bonds is 4. The van der Waals surface area contributed by atoms with Crippen LogP contribution in [-0.2, 0) is 11.8 Å². The van der Waals surface area contributed by atoms with Crippen molar-refractivity contribution in [2.24, 2.45) is 12.5 Å². The van der Waals surface area contributed by atoms with Crippen LogP contribution in [0.4, 0.5) is 0 Å². The first-order chi connectivity index (χ1) is 9.49. The summed E-state index contributed by atoms with van der Waals surface area (Å²) in [6, 6.07) is -0.289. The molecule has 2 heterocycles. The summed E-state index contributed by atoms with van der Waals surface area (Å²) < 4.78 is 1.74. The van der Waals surface area contributed by atoms with Crippen molar-refractivity contribution in [2.75, 3.05) is 20.1 Å². The first kappa shape index (κ1) is 18.0. The quantitative estimate of drug-likeness (QED) is 0.926. The van der Waals surface area contributed by atoms with Crippen LogP contribution in [0.2, 0.25) is 0 Å². The van der Waals surface area contributed by atoms with E-state index in [2.05, 4.69) is 24.3 Å². The molecule has 2 rings (SSSR count). The summed E-state index contributed by atoms with van der Waals surface area (Å²) in [4.78, 5) is 14.8. The van der Waals surface area contributed by atoms with Crippen LogP contribution in [0.3, 0.4) is 0 Å². The smallest absolute Gasteiger partial charge is 0.244 e. The fraction of sp³-hybridized carbons (Fsp3) is 0.733. The highest BCUT2D eigenvalue weighted by molar-refractivity contribution is 5.85. The minimum Gasteiger partial charge on any atom is -0.340 e. The maximum absolute atomic E-state index is 12.8. The molecule has 0 saturated carbocycles. The zero-order chi connectivity index (χ0) is 14.8. The van der Waals surface area contributed by atoms with E-state index in [1.807, 2.05) is 25.2 Å². The molecule has 6 heteroatoms. The maximum atomic E-state index is 12.8. The number of carbonyl (C=O) groups excluding carboxylic acids is 1. The molecule has 120 valence electrons. The van der Waals surface area contributed by atoms with E-state index >= 15 is 0 Å². The largest absolute Gasteiger partial charge is 0.340 e. The maximum Gasteiger partial charge on any atom is 0.244 e. The average molecular weight is 315 g/mol. The normalized spacial score (nSPS) is 23.5. The number of aryl methyl sites for hydroxylation is 1. The Labute approximate surface area is 133 Å². The number of carbonyl (C=O) groups is 1. The SMILES string of the molecule is CCC1(C)CCCN(C(=O)C(NC)c2cnn(C)c2)C1.Cl. The summed E-state index contributed by atoms with van der Waals surface area (Å²) in [7, 11) is 3.70. The Morgan fingerprint density at radius 1 is 1.57 bits per heavy atom. The second-order valence-corrected chi connectivity index (χ2v) is 6.20. The zero-order valence-corrected chi connectivity index (χ0v) is 14.2. The first-order valence-electron chi connectivity index (χ1n) is 7.43. The molecular weight excluding hydrogens is 288 g/mol. The number of aromatic nitrogens is 2. The van der Waals surface area contributed by atoms with Crippen molar-refractivity contribution in [3.8, 4) is 0 Å². The molecule has 21 heavy (non-hydrogen) atoms. The van der Waals surface area contributed by atoms with Crippen LogP contribution in [0, 0.1) is 5.41 Å². The van der Waals surface area contributed by atoms with Gasteiger partial charge in [0.05, 0.1) is 6.20 Å². The van der Waals surface area contributed by atoms with Gasteiger partial charge >= 0.3 is 0 Å². The number of hydrogen-bond acceptors (Lipinski definition) is 3. The van der Waals surface area contributed by atoms with Crippen molar-refractivity contribution in [3.05, 3.63) is 18.0 Å². The van der Waals surface area contributed by atoms with Gasteiger partial charge in [-0.3, -0.25) is 9.48 Å². The molecule has 0 bridgehead atoms. The van der Waals surface area contributed by atoms with Crippen LogP contribution < -0.4 is 5.32 Å². The molecule has 5 nitrogen and oxygen atoms in total. The molecule has 2 unspecified atom stereocenters. The number of hydrogen-bond donors (Lipinski definition) is 1. The predicted molar refractivity (Wildman–Crippen MR) is 86.5 cm³/mol. The van der Waals surface area contributed by atoms with Gasteiger partial charge in [-0.05, 0) is 31.7 Å². The van der Waals surface area contributed by atoms with Gasteiger partial charge in [-0.2, -0.15) is 5.10 Å². The van der Waals surface area contributed by atoms with Crippen LogP contribution in [0.25, 0.3) is 0 Å². The fourth-order valence-electron chi connectivity index (χ4n) is 3.00. The third-order valence-electron chi connectivity index (χ3n) is 4.54. The predicted octanol–water partition coefficient (Wildman–Crippen LogP) is 2.14. The Kier molecular flexibility index (Phi) is 6.23. The molecule has 0 aliphatic carbocycles. The number of likely N-dealkylation sites (tertiary alicyclic amines) is 1. The number of halogens is 1. The van der Waals surface area contributed by atoms with E-state index in [1.165, 1.54) is 6.42 Å². The minimum absolute atomic E-state index is 0. The summed E-state index contributed by atoms with van der Waals surface area (Å²) in [5.41, 5.74) is 1.20. The second-order valence-electron chi connectivity index (χ2n) is 6.20. The minimum atomic E-state index is -0.289. The molecule has 2 atom stereocenters. The van der Waals surface area contributed by atoms with Gasteiger partial charge in [0.15, 0.2) is 0 Å².